The van der Waals surface area contributed by atoms with E-state index in [1.165, 1.54) is 17.7 Å². The number of rotatable bonds is 2. The van der Waals surface area contributed by atoms with Crippen molar-refractivity contribution in [1.82, 2.24) is 29.7 Å². The maximum absolute atomic E-state index is 13.0. The van der Waals surface area contributed by atoms with Crippen molar-refractivity contribution in [3.8, 4) is 0 Å². The van der Waals surface area contributed by atoms with Crippen molar-refractivity contribution in [2.24, 2.45) is 5.41 Å². The van der Waals surface area contributed by atoms with Gasteiger partial charge in [0.2, 0.25) is 5.95 Å². The molecule has 2 aliphatic rings. The van der Waals surface area contributed by atoms with E-state index in [-0.39, 0.29) is 17.2 Å². The number of anilines is 1. The SMILES string of the molecule is CN1CC(c2ccnc(N)n2)C2(C1)CN(C(=O)c1ncnc3ccsc13)C2. The molecule has 0 saturated carbocycles. The molecule has 8 nitrogen and oxygen atoms in total. The smallest absolute Gasteiger partial charge is 0.274 e. The van der Waals surface area contributed by atoms with Gasteiger partial charge in [0.1, 0.15) is 12.0 Å². The molecule has 1 atom stereocenters. The van der Waals surface area contributed by atoms with Crippen LogP contribution in [0.15, 0.2) is 30.0 Å². The maximum atomic E-state index is 13.0. The summed E-state index contributed by atoms with van der Waals surface area (Å²) in [6.45, 7) is 3.23. The molecular weight excluding hydrogens is 362 g/mol. The Kier molecular flexibility index (Phi) is 3.63. The van der Waals surface area contributed by atoms with Crippen LogP contribution in [0.2, 0.25) is 0 Å². The summed E-state index contributed by atoms with van der Waals surface area (Å²) in [5, 5.41) is 1.94. The maximum Gasteiger partial charge on any atom is 0.274 e. The first kappa shape index (κ1) is 16.5. The summed E-state index contributed by atoms with van der Waals surface area (Å²) >= 11 is 1.51. The predicted molar refractivity (Wildman–Crippen MR) is 102 cm³/mol. The highest BCUT2D eigenvalue weighted by molar-refractivity contribution is 7.17. The molecule has 0 aromatic carbocycles. The Morgan fingerprint density at radius 1 is 1.26 bits per heavy atom. The normalized spacial score (nSPS) is 21.7. The van der Waals surface area contributed by atoms with Crippen LogP contribution in [0.5, 0.6) is 0 Å². The summed E-state index contributed by atoms with van der Waals surface area (Å²) in [5.74, 6) is 0.514. The highest BCUT2D eigenvalue weighted by Gasteiger charge is 2.55. The van der Waals surface area contributed by atoms with E-state index in [1.54, 1.807) is 6.20 Å². The standard InChI is InChI=1S/C18H19N7OS/c1-24-6-11(12-2-4-20-17(19)23-12)18(7-24)8-25(9-18)16(26)14-15-13(3-5-27-15)21-10-22-14/h2-5,10-11H,6-9H2,1H3,(H2,19,20,23). The number of carbonyl (C=O) groups excluding carboxylic acids is 1. The van der Waals surface area contributed by atoms with Crippen LogP contribution < -0.4 is 5.73 Å². The van der Waals surface area contributed by atoms with E-state index in [0.29, 0.717) is 24.7 Å². The summed E-state index contributed by atoms with van der Waals surface area (Å²) in [6.07, 6.45) is 3.17. The molecule has 1 unspecified atom stereocenters. The van der Waals surface area contributed by atoms with Crippen molar-refractivity contribution < 1.29 is 4.79 Å². The minimum absolute atomic E-state index is 0.00675. The molecule has 1 spiro atoms. The number of nitrogens with zero attached hydrogens (tertiary/aromatic N) is 6. The molecule has 5 rings (SSSR count). The Morgan fingerprint density at radius 2 is 2.11 bits per heavy atom. The van der Waals surface area contributed by atoms with Crippen LogP contribution in [-0.4, -0.2) is 68.9 Å². The molecule has 0 radical (unpaired) electrons. The van der Waals surface area contributed by atoms with Crippen LogP contribution in [0, 0.1) is 5.41 Å². The highest BCUT2D eigenvalue weighted by Crippen LogP contribution is 2.48. The van der Waals surface area contributed by atoms with Gasteiger partial charge in [-0.1, -0.05) is 0 Å². The van der Waals surface area contributed by atoms with Gasteiger partial charge >= 0.3 is 0 Å². The quantitative estimate of drug-likeness (QED) is 0.712. The zero-order valence-electron chi connectivity index (χ0n) is 14.9. The Morgan fingerprint density at radius 3 is 2.93 bits per heavy atom. The summed E-state index contributed by atoms with van der Waals surface area (Å²) in [6, 6.07) is 3.85. The minimum atomic E-state index is -0.0222. The third-order valence-electron chi connectivity index (χ3n) is 5.62. The summed E-state index contributed by atoms with van der Waals surface area (Å²) in [7, 11) is 2.11. The van der Waals surface area contributed by atoms with E-state index < -0.39 is 0 Å². The summed E-state index contributed by atoms with van der Waals surface area (Å²) in [5.41, 5.74) is 8.08. The predicted octanol–water partition coefficient (Wildman–Crippen LogP) is 1.23. The number of hydrogen-bond acceptors (Lipinski definition) is 8. The fourth-order valence-corrected chi connectivity index (χ4v) is 5.30. The number of aromatic nitrogens is 4. The first-order valence-corrected chi connectivity index (χ1v) is 9.68. The highest BCUT2D eigenvalue weighted by atomic mass is 32.1. The van der Waals surface area contributed by atoms with E-state index >= 15 is 0 Å². The second-order valence-electron chi connectivity index (χ2n) is 7.47. The average molecular weight is 381 g/mol. The molecule has 5 heterocycles. The largest absolute Gasteiger partial charge is 0.368 e. The van der Waals surface area contributed by atoms with Crippen LogP contribution in [0.4, 0.5) is 5.95 Å². The number of likely N-dealkylation sites (N-methyl/N-ethyl adjacent to an activating group) is 1. The monoisotopic (exact) mass is 381 g/mol. The van der Waals surface area contributed by atoms with Crippen LogP contribution in [0.25, 0.3) is 10.2 Å². The molecule has 27 heavy (non-hydrogen) atoms. The molecule has 2 fully saturated rings. The van der Waals surface area contributed by atoms with Crippen molar-refractivity contribution in [3.05, 3.63) is 41.4 Å². The topological polar surface area (TPSA) is 101 Å². The molecule has 1 amide bonds. The third kappa shape index (κ3) is 2.57. The molecular formula is C18H19N7OS. The first-order chi connectivity index (χ1) is 13.1. The van der Waals surface area contributed by atoms with Gasteiger partial charge in [-0.3, -0.25) is 4.79 Å². The molecule has 9 heteroatoms. The van der Waals surface area contributed by atoms with E-state index in [9.17, 15) is 4.79 Å². The molecule has 3 aromatic heterocycles. The van der Waals surface area contributed by atoms with E-state index in [4.69, 9.17) is 5.73 Å². The van der Waals surface area contributed by atoms with Gasteiger partial charge in [-0.15, -0.1) is 11.3 Å². The summed E-state index contributed by atoms with van der Waals surface area (Å²) < 4.78 is 0.854. The van der Waals surface area contributed by atoms with Crippen LogP contribution in [-0.2, 0) is 0 Å². The van der Waals surface area contributed by atoms with Gasteiger partial charge in [0.05, 0.1) is 15.9 Å². The van der Waals surface area contributed by atoms with Gasteiger partial charge < -0.3 is 15.5 Å². The molecule has 2 aliphatic heterocycles. The van der Waals surface area contributed by atoms with Crippen molar-refractivity contribution >= 4 is 33.4 Å². The Hall–Kier alpha value is -2.65. The molecule has 2 saturated heterocycles. The van der Waals surface area contributed by atoms with Gasteiger partial charge in [0.15, 0.2) is 0 Å². The number of hydrogen-bond donors (Lipinski definition) is 1. The molecule has 0 aliphatic carbocycles. The average Bonchev–Trinajstić information content (AvgIpc) is 3.23. The van der Waals surface area contributed by atoms with Crippen molar-refractivity contribution in [2.75, 3.05) is 39.0 Å². The fraction of sp³-hybridized carbons (Fsp3) is 0.389. The van der Waals surface area contributed by atoms with Gasteiger partial charge in [0, 0.05) is 43.7 Å². The molecule has 3 aromatic rings. The number of nitrogen functional groups attached to an aromatic ring is 1. The lowest BCUT2D eigenvalue weighted by Crippen LogP contribution is -2.61. The first-order valence-electron chi connectivity index (χ1n) is 8.80. The number of thiophene rings is 1. The number of likely N-dealkylation sites (tertiary alicyclic amines) is 2. The molecule has 138 valence electrons. The van der Waals surface area contributed by atoms with Gasteiger partial charge in [0.25, 0.3) is 5.91 Å². The molecule has 0 bridgehead atoms. The van der Waals surface area contributed by atoms with E-state index in [0.717, 1.165) is 29.0 Å². The second-order valence-corrected chi connectivity index (χ2v) is 8.39. The van der Waals surface area contributed by atoms with Gasteiger partial charge in [-0.25, -0.2) is 19.9 Å². The van der Waals surface area contributed by atoms with Gasteiger partial charge in [-0.05, 0) is 24.6 Å². The Labute approximate surface area is 160 Å². The van der Waals surface area contributed by atoms with Crippen molar-refractivity contribution in [2.45, 2.75) is 5.92 Å². The lowest BCUT2D eigenvalue weighted by molar-refractivity contribution is 0.00328. The Bertz CT molecular complexity index is 1030. The van der Waals surface area contributed by atoms with Crippen molar-refractivity contribution in [1.29, 1.82) is 0 Å². The van der Waals surface area contributed by atoms with E-state index in [2.05, 4.69) is 31.9 Å². The number of amides is 1. The van der Waals surface area contributed by atoms with Crippen LogP contribution >= 0.6 is 11.3 Å². The lowest BCUT2D eigenvalue weighted by atomic mass is 9.70. The van der Waals surface area contributed by atoms with Crippen LogP contribution in [0.3, 0.4) is 0 Å². The van der Waals surface area contributed by atoms with Crippen LogP contribution in [0.1, 0.15) is 22.1 Å². The van der Waals surface area contributed by atoms with Crippen molar-refractivity contribution in [3.63, 3.8) is 0 Å². The zero-order valence-corrected chi connectivity index (χ0v) is 15.7. The number of nitrogens with two attached hydrogens (primary N) is 1. The number of carbonyl (C=O) groups is 1. The minimum Gasteiger partial charge on any atom is -0.368 e. The van der Waals surface area contributed by atoms with Gasteiger partial charge in [-0.2, -0.15) is 0 Å². The summed E-state index contributed by atoms with van der Waals surface area (Å²) in [4.78, 5) is 34.2. The zero-order chi connectivity index (χ0) is 18.6. The molecule has 2 N–H and O–H groups in total. The van der Waals surface area contributed by atoms with E-state index in [1.807, 2.05) is 22.4 Å². The number of fused-ring (bicyclic) bond motifs is 1. The second kappa shape index (κ2) is 5.93. The Balaban J connectivity index is 1.41. The third-order valence-corrected chi connectivity index (χ3v) is 6.53. The fourth-order valence-electron chi connectivity index (χ4n) is 4.48. The lowest BCUT2D eigenvalue weighted by Gasteiger charge is -2.50.